The van der Waals surface area contributed by atoms with Crippen molar-refractivity contribution < 1.29 is 10.0 Å². The van der Waals surface area contributed by atoms with Gasteiger partial charge in [0.05, 0.1) is 11.5 Å². The number of nitrogens with two attached hydrogens (primary N) is 1. The van der Waals surface area contributed by atoms with Gasteiger partial charge in [-0.15, -0.1) is 0 Å². The van der Waals surface area contributed by atoms with Crippen LogP contribution in [-0.4, -0.2) is 23.0 Å². The lowest BCUT2D eigenvalue weighted by Crippen LogP contribution is -2.50. The van der Waals surface area contributed by atoms with E-state index in [1.165, 1.54) is 0 Å². The monoisotopic (exact) mass is 277 g/mol. The predicted molar refractivity (Wildman–Crippen MR) is 79.7 cm³/mol. The standard InChI is InChI=1S/C15H23N3O2/c1-4-8-12(13(16)18-20)17-14(19)15(2,3)11-9-6-5-7-10-11/h5-7,9-10,12,20H,4,8H2,1-3H3,(H2,16,18)(H,17,19). The number of oxime groups is 1. The summed E-state index contributed by atoms with van der Waals surface area (Å²) in [4.78, 5) is 12.5. The first-order valence-corrected chi connectivity index (χ1v) is 6.77. The first-order valence-electron chi connectivity index (χ1n) is 6.77. The predicted octanol–water partition coefficient (Wildman–Crippen LogP) is 2.00. The summed E-state index contributed by atoms with van der Waals surface area (Å²) in [5.41, 5.74) is 5.86. The van der Waals surface area contributed by atoms with Gasteiger partial charge in [0.1, 0.15) is 0 Å². The molecule has 0 spiro atoms. The first-order chi connectivity index (χ1) is 9.43. The molecule has 20 heavy (non-hydrogen) atoms. The number of amidine groups is 1. The van der Waals surface area contributed by atoms with Crippen molar-refractivity contribution >= 4 is 11.7 Å². The van der Waals surface area contributed by atoms with Gasteiger partial charge in [0.15, 0.2) is 5.84 Å². The lowest BCUT2D eigenvalue weighted by Gasteiger charge is -2.27. The first kappa shape index (κ1) is 16.0. The Morgan fingerprint density at radius 3 is 2.50 bits per heavy atom. The highest BCUT2D eigenvalue weighted by molar-refractivity contribution is 5.93. The molecule has 0 saturated heterocycles. The second-order valence-corrected chi connectivity index (χ2v) is 5.33. The Hall–Kier alpha value is -2.04. The molecule has 1 amide bonds. The van der Waals surface area contributed by atoms with Gasteiger partial charge >= 0.3 is 0 Å². The molecule has 0 radical (unpaired) electrons. The molecule has 0 saturated carbocycles. The van der Waals surface area contributed by atoms with E-state index in [4.69, 9.17) is 10.9 Å². The number of nitrogens with zero attached hydrogens (tertiary/aromatic N) is 1. The molecule has 0 fully saturated rings. The van der Waals surface area contributed by atoms with E-state index in [-0.39, 0.29) is 11.7 Å². The fourth-order valence-electron chi connectivity index (χ4n) is 1.98. The van der Waals surface area contributed by atoms with Gasteiger partial charge in [-0.3, -0.25) is 4.79 Å². The molecule has 5 heteroatoms. The van der Waals surface area contributed by atoms with E-state index in [0.717, 1.165) is 12.0 Å². The molecule has 1 rings (SSSR count). The maximum atomic E-state index is 12.5. The van der Waals surface area contributed by atoms with Crippen LogP contribution in [0, 0.1) is 0 Å². The molecule has 1 aromatic rings. The molecule has 1 atom stereocenters. The summed E-state index contributed by atoms with van der Waals surface area (Å²) in [6.07, 6.45) is 1.46. The minimum Gasteiger partial charge on any atom is -0.409 e. The van der Waals surface area contributed by atoms with Crippen molar-refractivity contribution in [1.29, 1.82) is 0 Å². The van der Waals surface area contributed by atoms with E-state index in [1.807, 2.05) is 51.1 Å². The Morgan fingerprint density at radius 2 is 2.00 bits per heavy atom. The third kappa shape index (κ3) is 3.73. The van der Waals surface area contributed by atoms with Gasteiger partial charge in [-0.1, -0.05) is 48.8 Å². The third-order valence-electron chi connectivity index (χ3n) is 3.42. The third-order valence-corrected chi connectivity index (χ3v) is 3.42. The van der Waals surface area contributed by atoms with Crippen molar-refractivity contribution in [1.82, 2.24) is 5.32 Å². The zero-order valence-corrected chi connectivity index (χ0v) is 12.3. The van der Waals surface area contributed by atoms with Crippen LogP contribution in [0.1, 0.15) is 39.2 Å². The molecular formula is C15H23N3O2. The summed E-state index contributed by atoms with van der Waals surface area (Å²) in [5, 5.41) is 14.6. The van der Waals surface area contributed by atoms with E-state index < -0.39 is 11.5 Å². The lowest BCUT2D eigenvalue weighted by molar-refractivity contribution is -0.126. The van der Waals surface area contributed by atoms with Crippen LogP contribution in [0.15, 0.2) is 35.5 Å². The van der Waals surface area contributed by atoms with Gasteiger partial charge in [-0.25, -0.2) is 0 Å². The Kier molecular flexibility index (Phi) is 5.55. The van der Waals surface area contributed by atoms with Crippen molar-refractivity contribution in [2.75, 3.05) is 0 Å². The van der Waals surface area contributed by atoms with Crippen LogP contribution in [0.3, 0.4) is 0 Å². The van der Waals surface area contributed by atoms with Crippen molar-refractivity contribution in [3.05, 3.63) is 35.9 Å². The van der Waals surface area contributed by atoms with E-state index >= 15 is 0 Å². The van der Waals surface area contributed by atoms with Crippen LogP contribution in [0.25, 0.3) is 0 Å². The molecule has 110 valence electrons. The summed E-state index contributed by atoms with van der Waals surface area (Å²) in [5.74, 6) is -0.113. The molecule has 1 aromatic carbocycles. The normalized spacial score (nSPS) is 13.8. The van der Waals surface area contributed by atoms with Crippen LogP contribution in [0.4, 0.5) is 0 Å². The smallest absolute Gasteiger partial charge is 0.230 e. The number of hydrogen-bond donors (Lipinski definition) is 3. The largest absolute Gasteiger partial charge is 0.409 e. The molecule has 0 bridgehead atoms. The second-order valence-electron chi connectivity index (χ2n) is 5.33. The van der Waals surface area contributed by atoms with Crippen LogP contribution in [0.2, 0.25) is 0 Å². The number of carbonyl (C=O) groups excluding carboxylic acids is 1. The average Bonchev–Trinajstić information content (AvgIpc) is 2.46. The van der Waals surface area contributed by atoms with Gasteiger partial charge in [-0.05, 0) is 25.8 Å². The maximum Gasteiger partial charge on any atom is 0.230 e. The Morgan fingerprint density at radius 1 is 1.40 bits per heavy atom. The topological polar surface area (TPSA) is 87.7 Å². The van der Waals surface area contributed by atoms with Gasteiger partial charge in [0, 0.05) is 0 Å². The molecule has 0 aliphatic heterocycles. The van der Waals surface area contributed by atoms with Gasteiger partial charge in [-0.2, -0.15) is 0 Å². The number of amides is 1. The minimum atomic E-state index is -0.678. The summed E-state index contributed by atoms with van der Waals surface area (Å²) in [7, 11) is 0. The Labute approximate surface area is 119 Å². The van der Waals surface area contributed by atoms with Crippen LogP contribution < -0.4 is 11.1 Å². The van der Waals surface area contributed by atoms with Crippen molar-refractivity contribution in [2.24, 2.45) is 10.9 Å². The van der Waals surface area contributed by atoms with Crippen LogP contribution in [-0.2, 0) is 10.2 Å². The number of nitrogens with one attached hydrogen (secondary N) is 1. The zero-order chi connectivity index (χ0) is 15.2. The maximum absolute atomic E-state index is 12.5. The van der Waals surface area contributed by atoms with Crippen molar-refractivity contribution in [2.45, 2.75) is 45.1 Å². The second kappa shape index (κ2) is 6.93. The summed E-state index contributed by atoms with van der Waals surface area (Å²) in [6.45, 7) is 5.69. The average molecular weight is 277 g/mol. The van der Waals surface area contributed by atoms with E-state index in [1.54, 1.807) is 0 Å². The quantitative estimate of drug-likeness (QED) is 0.321. The molecule has 0 heterocycles. The molecule has 1 unspecified atom stereocenters. The number of hydrogen-bond acceptors (Lipinski definition) is 3. The minimum absolute atomic E-state index is 0.0315. The fourth-order valence-corrected chi connectivity index (χ4v) is 1.98. The highest BCUT2D eigenvalue weighted by Gasteiger charge is 2.31. The van der Waals surface area contributed by atoms with Crippen LogP contribution >= 0.6 is 0 Å². The highest BCUT2D eigenvalue weighted by Crippen LogP contribution is 2.23. The van der Waals surface area contributed by atoms with Crippen molar-refractivity contribution in [3.8, 4) is 0 Å². The molecule has 5 nitrogen and oxygen atoms in total. The van der Waals surface area contributed by atoms with E-state index in [2.05, 4.69) is 10.5 Å². The fraction of sp³-hybridized carbons (Fsp3) is 0.467. The van der Waals surface area contributed by atoms with Gasteiger partial charge in [0.2, 0.25) is 5.91 Å². The molecule has 4 N–H and O–H groups in total. The Bertz CT molecular complexity index is 469. The van der Waals surface area contributed by atoms with Crippen LogP contribution in [0.5, 0.6) is 0 Å². The summed E-state index contributed by atoms with van der Waals surface area (Å²) in [6, 6.07) is 9.10. The van der Waals surface area contributed by atoms with Gasteiger partial charge < -0.3 is 16.3 Å². The van der Waals surface area contributed by atoms with Crippen molar-refractivity contribution in [3.63, 3.8) is 0 Å². The zero-order valence-electron chi connectivity index (χ0n) is 12.3. The molecule has 0 aliphatic carbocycles. The molecular weight excluding hydrogens is 254 g/mol. The summed E-state index contributed by atoms with van der Waals surface area (Å²) >= 11 is 0. The number of carbonyl (C=O) groups is 1. The van der Waals surface area contributed by atoms with E-state index in [9.17, 15) is 4.79 Å². The Balaban J connectivity index is 2.88. The molecule has 0 aromatic heterocycles. The number of benzene rings is 1. The van der Waals surface area contributed by atoms with E-state index in [0.29, 0.717) is 6.42 Å². The SMILES string of the molecule is CCCC(NC(=O)C(C)(C)c1ccccc1)/C(N)=N/O. The van der Waals surface area contributed by atoms with Gasteiger partial charge in [0.25, 0.3) is 0 Å². The summed E-state index contributed by atoms with van der Waals surface area (Å²) < 4.78 is 0. The highest BCUT2D eigenvalue weighted by atomic mass is 16.4. The number of rotatable bonds is 6. The molecule has 0 aliphatic rings. The lowest BCUT2D eigenvalue weighted by atomic mass is 9.83.